The minimum atomic E-state index is -4.76. The van der Waals surface area contributed by atoms with Crippen LogP contribution in [0.25, 0.3) is 0 Å². The summed E-state index contributed by atoms with van der Waals surface area (Å²) in [4.78, 5) is 10.6. The molecule has 0 radical (unpaired) electrons. The molecule has 0 aliphatic rings. The molecule has 0 amide bonds. The Morgan fingerprint density at radius 2 is 1.71 bits per heavy atom. The van der Waals surface area contributed by atoms with Crippen molar-refractivity contribution in [3.8, 4) is 0 Å². The molecule has 0 saturated carbocycles. The average Bonchev–Trinajstić information content (AvgIpc) is 2.07. The van der Waals surface area contributed by atoms with E-state index >= 15 is 0 Å². The van der Waals surface area contributed by atoms with Crippen LogP contribution in [0.1, 0.15) is 5.56 Å². The van der Waals surface area contributed by atoms with Gasteiger partial charge in [0.1, 0.15) is 0 Å². The minimum absolute atomic E-state index is 0.303. The molecule has 0 N–H and O–H groups in total. The largest absolute Gasteiger partial charge is 0.450 e. The van der Waals surface area contributed by atoms with Gasteiger partial charge in [0.2, 0.25) is 5.78 Å². The lowest BCUT2D eigenvalue weighted by atomic mass is 10.1. The maximum Gasteiger partial charge on any atom is 0.450 e. The Morgan fingerprint density at radius 3 is 2.14 bits per heavy atom. The summed E-state index contributed by atoms with van der Waals surface area (Å²) in [6, 6.07) is 5.68. The van der Waals surface area contributed by atoms with Gasteiger partial charge in [-0.1, -0.05) is 23.7 Å². The van der Waals surface area contributed by atoms with Crippen molar-refractivity contribution in [2.75, 3.05) is 0 Å². The van der Waals surface area contributed by atoms with E-state index in [4.69, 9.17) is 11.6 Å². The molecule has 5 heteroatoms. The summed E-state index contributed by atoms with van der Waals surface area (Å²) < 4.78 is 35.5. The molecule has 0 atom stereocenters. The molecule has 0 fully saturated rings. The van der Waals surface area contributed by atoms with E-state index < -0.39 is 18.4 Å². The van der Waals surface area contributed by atoms with Gasteiger partial charge in [-0.3, -0.25) is 4.79 Å². The molecule has 1 aromatic rings. The Morgan fingerprint density at radius 1 is 1.21 bits per heavy atom. The summed E-state index contributed by atoms with van der Waals surface area (Å²) >= 11 is 5.53. The molecule has 76 valence electrons. The molecule has 0 spiro atoms. The lowest BCUT2D eigenvalue weighted by Gasteiger charge is -2.04. The molecule has 1 nitrogen and oxygen atoms in total. The van der Waals surface area contributed by atoms with Crippen molar-refractivity contribution in [3.05, 3.63) is 34.9 Å². The highest BCUT2D eigenvalue weighted by molar-refractivity contribution is 6.30. The summed E-state index contributed by atoms with van der Waals surface area (Å²) in [7, 11) is 0. The van der Waals surface area contributed by atoms with Crippen molar-refractivity contribution in [1.82, 2.24) is 0 Å². The van der Waals surface area contributed by atoms with Crippen LogP contribution in [0.5, 0.6) is 0 Å². The van der Waals surface area contributed by atoms with Crippen LogP contribution in [-0.4, -0.2) is 12.0 Å². The lowest BCUT2D eigenvalue weighted by Crippen LogP contribution is -2.24. The Bertz CT molecular complexity index is 329. The van der Waals surface area contributed by atoms with Crippen molar-refractivity contribution >= 4 is 17.4 Å². The van der Waals surface area contributed by atoms with Gasteiger partial charge >= 0.3 is 6.18 Å². The molecular formula is C9H6ClF3O. The Hall–Kier alpha value is -1.03. The number of halogens is 4. The standard InChI is InChI=1S/C9H6ClF3O/c10-7-3-1-6(2-4-7)5-8(14)9(11,12)13/h1-4H,5H2. The minimum Gasteiger partial charge on any atom is -0.289 e. The highest BCUT2D eigenvalue weighted by atomic mass is 35.5. The van der Waals surface area contributed by atoms with Gasteiger partial charge < -0.3 is 0 Å². The van der Waals surface area contributed by atoms with Crippen LogP contribution in [-0.2, 0) is 11.2 Å². The van der Waals surface area contributed by atoms with E-state index in [1.54, 1.807) is 0 Å². The van der Waals surface area contributed by atoms with Crippen LogP contribution in [0.4, 0.5) is 13.2 Å². The molecule has 0 aliphatic heterocycles. The van der Waals surface area contributed by atoms with Gasteiger partial charge in [0.15, 0.2) is 0 Å². The summed E-state index contributed by atoms with van der Waals surface area (Å²) in [6.45, 7) is 0. The zero-order chi connectivity index (χ0) is 10.8. The molecule has 0 saturated heterocycles. The number of alkyl halides is 3. The second-order valence-corrected chi connectivity index (χ2v) is 3.16. The normalized spacial score (nSPS) is 11.4. The van der Waals surface area contributed by atoms with E-state index in [-0.39, 0.29) is 0 Å². The van der Waals surface area contributed by atoms with Crippen LogP contribution in [0.2, 0.25) is 5.02 Å². The van der Waals surface area contributed by atoms with Crippen molar-refractivity contribution in [1.29, 1.82) is 0 Å². The summed E-state index contributed by atoms with van der Waals surface area (Å²) in [5.74, 6) is -1.75. The van der Waals surface area contributed by atoms with E-state index in [1.807, 2.05) is 0 Å². The van der Waals surface area contributed by atoms with E-state index in [0.717, 1.165) is 0 Å². The Kier molecular flexibility index (Phi) is 3.16. The molecule has 0 bridgehead atoms. The summed E-state index contributed by atoms with van der Waals surface area (Å²) in [6.07, 6.45) is -5.40. The predicted octanol–water partition coefficient (Wildman–Crippen LogP) is 3.01. The lowest BCUT2D eigenvalue weighted by molar-refractivity contribution is -0.170. The Labute approximate surface area is 83.5 Å². The summed E-state index contributed by atoms with van der Waals surface area (Å²) in [5, 5.41) is 0.424. The molecular weight excluding hydrogens is 217 g/mol. The second kappa shape index (κ2) is 4.00. The number of rotatable bonds is 2. The first-order chi connectivity index (χ1) is 6.39. The van der Waals surface area contributed by atoms with E-state index in [1.165, 1.54) is 24.3 Å². The predicted molar refractivity (Wildman–Crippen MR) is 46.2 cm³/mol. The van der Waals surface area contributed by atoms with Crippen LogP contribution in [0.3, 0.4) is 0 Å². The van der Waals surface area contributed by atoms with E-state index in [0.29, 0.717) is 10.6 Å². The number of carbonyl (C=O) groups is 1. The molecule has 1 rings (SSSR count). The van der Waals surface area contributed by atoms with E-state index in [9.17, 15) is 18.0 Å². The van der Waals surface area contributed by atoms with Crippen LogP contribution >= 0.6 is 11.6 Å². The zero-order valence-corrected chi connectivity index (χ0v) is 7.69. The number of hydrogen-bond donors (Lipinski definition) is 0. The van der Waals surface area contributed by atoms with Crippen LogP contribution < -0.4 is 0 Å². The van der Waals surface area contributed by atoms with Gasteiger partial charge in [-0.15, -0.1) is 0 Å². The molecule has 0 heterocycles. The first kappa shape index (κ1) is 11.0. The van der Waals surface area contributed by atoms with Gasteiger partial charge in [-0.2, -0.15) is 13.2 Å². The quantitative estimate of drug-likeness (QED) is 0.752. The molecule has 0 aliphatic carbocycles. The fourth-order valence-corrected chi connectivity index (χ4v) is 1.01. The first-order valence-corrected chi connectivity index (χ1v) is 4.12. The molecule has 1 aromatic carbocycles. The third-order valence-electron chi connectivity index (χ3n) is 1.59. The maximum absolute atomic E-state index is 11.8. The van der Waals surface area contributed by atoms with Crippen molar-refractivity contribution in [2.45, 2.75) is 12.6 Å². The second-order valence-electron chi connectivity index (χ2n) is 2.72. The number of benzene rings is 1. The van der Waals surface area contributed by atoms with Gasteiger partial charge in [-0.25, -0.2) is 0 Å². The molecule has 0 unspecified atom stereocenters. The number of ketones is 1. The fraction of sp³-hybridized carbons (Fsp3) is 0.222. The van der Waals surface area contributed by atoms with Gasteiger partial charge in [0.25, 0.3) is 0 Å². The van der Waals surface area contributed by atoms with Crippen molar-refractivity contribution in [2.24, 2.45) is 0 Å². The van der Waals surface area contributed by atoms with Gasteiger partial charge in [-0.05, 0) is 17.7 Å². The summed E-state index contributed by atoms with van der Waals surface area (Å²) in [5.41, 5.74) is 0.303. The number of carbonyl (C=O) groups excluding carboxylic acids is 1. The first-order valence-electron chi connectivity index (χ1n) is 3.74. The van der Waals surface area contributed by atoms with Crippen LogP contribution in [0.15, 0.2) is 24.3 Å². The zero-order valence-electron chi connectivity index (χ0n) is 6.94. The highest BCUT2D eigenvalue weighted by Gasteiger charge is 2.37. The maximum atomic E-state index is 11.8. The van der Waals surface area contributed by atoms with E-state index in [2.05, 4.69) is 0 Å². The monoisotopic (exact) mass is 222 g/mol. The third kappa shape index (κ3) is 3.03. The van der Waals surface area contributed by atoms with Crippen molar-refractivity contribution < 1.29 is 18.0 Å². The fourth-order valence-electron chi connectivity index (χ4n) is 0.888. The molecule has 14 heavy (non-hydrogen) atoms. The third-order valence-corrected chi connectivity index (χ3v) is 1.85. The SMILES string of the molecule is O=C(Cc1ccc(Cl)cc1)C(F)(F)F. The number of Topliss-reactive ketones (excluding diaryl/α,β-unsaturated/α-hetero) is 1. The highest BCUT2D eigenvalue weighted by Crippen LogP contribution is 2.19. The van der Waals surface area contributed by atoms with Crippen LogP contribution in [0, 0.1) is 0 Å². The van der Waals surface area contributed by atoms with Gasteiger partial charge in [0.05, 0.1) is 0 Å². The van der Waals surface area contributed by atoms with Crippen molar-refractivity contribution in [3.63, 3.8) is 0 Å². The topological polar surface area (TPSA) is 17.1 Å². The average molecular weight is 223 g/mol. The number of hydrogen-bond acceptors (Lipinski definition) is 1. The van der Waals surface area contributed by atoms with Gasteiger partial charge in [0, 0.05) is 11.4 Å². The molecule has 0 aromatic heterocycles. The smallest absolute Gasteiger partial charge is 0.289 e. The Balaban J connectivity index is 2.71.